The number of benzene rings is 2. The summed E-state index contributed by atoms with van der Waals surface area (Å²) in [6, 6.07) is 7.80. The number of aromatic nitrogens is 2. The van der Waals surface area contributed by atoms with Gasteiger partial charge in [-0.05, 0) is 74.1 Å². The SMILES string of the molecule is CN(C(=O)[C@@H](CC(=O)Cn1nc(C(F)(F)F)c2c1CCCC2)Cc1cc(F)cc(F)c1)c1ccc(F)cc1. The standard InChI is InChI=1S/C27H25F6N3O2/c1-35(21-8-6-18(28)7-9-21)26(38)17(10-16-11-19(29)14-20(30)12-16)13-22(37)15-36-24-5-3-2-4-23(24)25(34-36)27(31,32)33/h6-9,11-12,14,17H,2-5,10,13,15H2,1H3/t17-/m1/s1. The van der Waals surface area contributed by atoms with E-state index in [0.717, 1.165) is 28.9 Å². The first kappa shape index (κ1) is 27.4. The predicted octanol–water partition coefficient (Wildman–Crippen LogP) is 5.68. The molecule has 0 radical (unpaired) electrons. The third-order valence-electron chi connectivity index (χ3n) is 6.62. The summed E-state index contributed by atoms with van der Waals surface area (Å²) in [4.78, 5) is 27.7. The van der Waals surface area contributed by atoms with Crippen molar-refractivity contribution in [1.82, 2.24) is 9.78 Å². The van der Waals surface area contributed by atoms with Gasteiger partial charge in [-0.15, -0.1) is 0 Å². The number of nitrogens with zero attached hydrogens (tertiary/aromatic N) is 3. The Morgan fingerprint density at radius 3 is 2.24 bits per heavy atom. The highest BCUT2D eigenvalue weighted by Crippen LogP contribution is 2.36. The van der Waals surface area contributed by atoms with Crippen LogP contribution in [0.5, 0.6) is 0 Å². The van der Waals surface area contributed by atoms with Gasteiger partial charge in [0, 0.05) is 42.4 Å². The summed E-state index contributed by atoms with van der Waals surface area (Å²) >= 11 is 0. The van der Waals surface area contributed by atoms with Gasteiger partial charge in [-0.2, -0.15) is 18.3 Å². The molecule has 0 saturated heterocycles. The summed E-state index contributed by atoms with van der Waals surface area (Å²) in [5.41, 5.74) is -0.0861. The van der Waals surface area contributed by atoms with Gasteiger partial charge >= 0.3 is 6.18 Å². The van der Waals surface area contributed by atoms with Gasteiger partial charge in [0.05, 0.1) is 6.54 Å². The number of carbonyl (C=O) groups excluding carboxylic acids is 2. The molecular formula is C27H25F6N3O2. The van der Waals surface area contributed by atoms with Crippen molar-refractivity contribution in [2.75, 3.05) is 11.9 Å². The van der Waals surface area contributed by atoms with Crippen LogP contribution in [0.3, 0.4) is 0 Å². The fraction of sp³-hybridized carbons (Fsp3) is 0.370. The molecule has 3 aromatic rings. The van der Waals surface area contributed by atoms with Crippen molar-refractivity contribution in [1.29, 1.82) is 0 Å². The molecule has 0 aliphatic heterocycles. The van der Waals surface area contributed by atoms with Crippen LogP contribution >= 0.6 is 0 Å². The lowest BCUT2D eigenvalue weighted by Gasteiger charge is -2.24. The lowest BCUT2D eigenvalue weighted by molar-refractivity contribution is -0.142. The second kappa shape index (κ2) is 11.0. The average molecular weight is 538 g/mol. The number of amides is 1. The molecule has 5 nitrogen and oxygen atoms in total. The van der Waals surface area contributed by atoms with E-state index in [1.54, 1.807) is 0 Å². The first-order valence-corrected chi connectivity index (χ1v) is 12.1. The summed E-state index contributed by atoms with van der Waals surface area (Å²) in [6.45, 7) is -0.472. The van der Waals surface area contributed by atoms with Crippen LogP contribution in [0.2, 0.25) is 0 Å². The summed E-state index contributed by atoms with van der Waals surface area (Å²) in [7, 11) is 1.42. The molecule has 1 heterocycles. The van der Waals surface area contributed by atoms with Crippen LogP contribution in [-0.4, -0.2) is 28.5 Å². The summed E-state index contributed by atoms with van der Waals surface area (Å²) < 4.78 is 82.6. The number of hydrogen-bond donors (Lipinski definition) is 0. The Labute approximate surface area is 215 Å². The molecule has 1 aliphatic rings. The van der Waals surface area contributed by atoms with Gasteiger partial charge in [0.2, 0.25) is 5.91 Å². The van der Waals surface area contributed by atoms with Crippen molar-refractivity contribution < 1.29 is 35.9 Å². The van der Waals surface area contributed by atoms with Gasteiger partial charge in [0.1, 0.15) is 17.5 Å². The smallest absolute Gasteiger partial charge is 0.315 e. The highest BCUT2D eigenvalue weighted by atomic mass is 19.4. The van der Waals surface area contributed by atoms with Crippen molar-refractivity contribution in [3.05, 3.63) is 82.4 Å². The molecule has 11 heteroatoms. The second-order valence-electron chi connectivity index (χ2n) is 9.43. The normalized spacial score (nSPS) is 14.2. The van der Waals surface area contributed by atoms with Gasteiger partial charge < -0.3 is 4.90 Å². The maximum absolute atomic E-state index is 13.8. The van der Waals surface area contributed by atoms with Gasteiger partial charge in [-0.3, -0.25) is 14.3 Å². The van der Waals surface area contributed by atoms with E-state index >= 15 is 0 Å². The van der Waals surface area contributed by atoms with Crippen LogP contribution in [0.25, 0.3) is 0 Å². The van der Waals surface area contributed by atoms with Crippen LogP contribution in [0.4, 0.5) is 32.0 Å². The monoisotopic (exact) mass is 537 g/mol. The Morgan fingerprint density at radius 1 is 0.974 bits per heavy atom. The maximum atomic E-state index is 13.8. The predicted molar refractivity (Wildman–Crippen MR) is 127 cm³/mol. The van der Waals surface area contributed by atoms with Gasteiger partial charge in [-0.1, -0.05) is 0 Å². The van der Waals surface area contributed by atoms with E-state index in [9.17, 15) is 35.9 Å². The lowest BCUT2D eigenvalue weighted by atomic mass is 9.92. The molecule has 0 spiro atoms. The van der Waals surface area contributed by atoms with E-state index in [2.05, 4.69) is 5.10 Å². The highest BCUT2D eigenvalue weighted by molar-refractivity contribution is 5.97. The fourth-order valence-corrected chi connectivity index (χ4v) is 4.86. The number of halogens is 6. The molecule has 4 rings (SSSR count). The number of fused-ring (bicyclic) bond motifs is 1. The van der Waals surface area contributed by atoms with E-state index in [0.29, 0.717) is 36.7 Å². The Bertz CT molecular complexity index is 1310. The molecule has 1 atom stereocenters. The van der Waals surface area contributed by atoms with Crippen LogP contribution in [0, 0.1) is 23.4 Å². The van der Waals surface area contributed by atoms with Crippen molar-refractivity contribution in [2.24, 2.45) is 5.92 Å². The fourth-order valence-electron chi connectivity index (χ4n) is 4.86. The zero-order chi connectivity index (χ0) is 27.6. The zero-order valence-corrected chi connectivity index (χ0v) is 20.5. The Kier molecular flexibility index (Phi) is 7.94. The first-order valence-electron chi connectivity index (χ1n) is 12.1. The van der Waals surface area contributed by atoms with Crippen molar-refractivity contribution in [3.8, 4) is 0 Å². The minimum Gasteiger partial charge on any atom is -0.315 e. The number of rotatable bonds is 8. The molecular weight excluding hydrogens is 512 g/mol. The number of hydrogen-bond acceptors (Lipinski definition) is 3. The maximum Gasteiger partial charge on any atom is 0.435 e. The van der Waals surface area contributed by atoms with E-state index in [-0.39, 0.29) is 24.0 Å². The highest BCUT2D eigenvalue weighted by Gasteiger charge is 2.40. The number of alkyl halides is 3. The van der Waals surface area contributed by atoms with Crippen molar-refractivity contribution in [2.45, 2.75) is 51.2 Å². The Morgan fingerprint density at radius 2 is 1.61 bits per heavy atom. The van der Waals surface area contributed by atoms with Gasteiger partial charge in [0.15, 0.2) is 11.5 Å². The first-order chi connectivity index (χ1) is 17.9. The molecule has 1 aromatic heterocycles. The molecule has 2 aromatic carbocycles. The third kappa shape index (κ3) is 6.25. The molecule has 0 N–H and O–H groups in total. The van der Waals surface area contributed by atoms with Crippen LogP contribution < -0.4 is 4.90 Å². The van der Waals surface area contributed by atoms with Gasteiger partial charge in [-0.25, -0.2) is 13.2 Å². The van der Waals surface area contributed by atoms with Crippen LogP contribution in [0.15, 0.2) is 42.5 Å². The minimum atomic E-state index is -4.66. The van der Waals surface area contributed by atoms with Crippen molar-refractivity contribution in [3.63, 3.8) is 0 Å². The third-order valence-corrected chi connectivity index (χ3v) is 6.62. The topological polar surface area (TPSA) is 55.2 Å². The van der Waals surface area contributed by atoms with Crippen LogP contribution in [0.1, 0.15) is 41.8 Å². The largest absolute Gasteiger partial charge is 0.435 e. The van der Waals surface area contributed by atoms with E-state index in [1.807, 2.05) is 0 Å². The number of Topliss-reactive ketones (excluding diaryl/α,β-unsaturated/α-hetero) is 1. The number of ketones is 1. The van der Waals surface area contributed by atoms with Crippen LogP contribution in [-0.2, 0) is 41.6 Å². The quantitative estimate of drug-likeness (QED) is 0.348. The molecule has 1 aliphatic carbocycles. The number of carbonyl (C=O) groups is 2. The van der Waals surface area contributed by atoms with E-state index in [4.69, 9.17) is 0 Å². The molecule has 1 amide bonds. The lowest BCUT2D eigenvalue weighted by Crippen LogP contribution is -2.36. The minimum absolute atomic E-state index is 0.0930. The summed E-state index contributed by atoms with van der Waals surface area (Å²) in [6.07, 6.45) is -3.44. The molecule has 0 saturated carbocycles. The van der Waals surface area contributed by atoms with Gasteiger partial charge in [0.25, 0.3) is 0 Å². The summed E-state index contributed by atoms with van der Waals surface area (Å²) in [5.74, 6) is -4.45. The van der Waals surface area contributed by atoms with Crippen molar-refractivity contribution >= 4 is 17.4 Å². The molecule has 0 bridgehead atoms. The number of anilines is 1. The van der Waals surface area contributed by atoms with E-state index in [1.165, 1.54) is 24.1 Å². The Balaban J connectivity index is 1.59. The molecule has 202 valence electrons. The Hall–Kier alpha value is -3.63. The molecule has 0 unspecified atom stereocenters. The molecule has 38 heavy (non-hydrogen) atoms. The second-order valence-corrected chi connectivity index (χ2v) is 9.43. The zero-order valence-electron chi connectivity index (χ0n) is 20.5. The molecule has 0 fully saturated rings. The van der Waals surface area contributed by atoms with E-state index < -0.39 is 59.9 Å². The average Bonchev–Trinajstić information content (AvgIpc) is 3.21. The summed E-state index contributed by atoms with van der Waals surface area (Å²) in [5, 5.41) is 3.69.